The Hall–Kier alpha value is -3.94. The number of aliphatic carboxylic acids is 1. The third kappa shape index (κ3) is 3.80. The lowest BCUT2D eigenvalue weighted by molar-refractivity contribution is -0.153. The number of hydrogen-bond donors (Lipinski definition) is 2. The predicted molar refractivity (Wildman–Crippen MR) is 111 cm³/mol. The topological polar surface area (TPSA) is 110 Å². The lowest BCUT2D eigenvalue weighted by Gasteiger charge is -2.26. The first-order valence-electron chi connectivity index (χ1n) is 9.37. The maximum absolute atomic E-state index is 12.6. The first kappa shape index (κ1) is 19.4. The second-order valence-corrected chi connectivity index (χ2v) is 7.30. The summed E-state index contributed by atoms with van der Waals surface area (Å²) in [6.45, 7) is 3.37. The number of aromatic amines is 1. The molecule has 0 aliphatic carbocycles. The third-order valence-corrected chi connectivity index (χ3v) is 4.73. The number of nitrogens with zero attached hydrogens (tertiary/aromatic N) is 3. The third-order valence-electron chi connectivity index (χ3n) is 4.73. The van der Waals surface area contributed by atoms with Gasteiger partial charge in [0.05, 0.1) is 0 Å². The molecule has 0 aliphatic heterocycles. The number of carboxylic acid groups (broad SMARTS) is 1. The molecule has 2 aromatic heterocycles. The fraction of sp³-hybridized carbons (Fsp3) is 0.182. The van der Waals surface area contributed by atoms with Crippen LogP contribution in [0.15, 0.2) is 65.5 Å². The van der Waals surface area contributed by atoms with Gasteiger partial charge >= 0.3 is 5.97 Å². The summed E-state index contributed by atoms with van der Waals surface area (Å²) in [7, 11) is 0. The monoisotopic (exact) mass is 404 g/mol. The molecule has 2 heterocycles. The Kier molecular flexibility index (Phi) is 4.83. The molecular formula is C22H20N4O4. The van der Waals surface area contributed by atoms with Gasteiger partial charge in [-0.3, -0.25) is 4.79 Å². The van der Waals surface area contributed by atoms with E-state index < -0.39 is 17.1 Å². The Morgan fingerprint density at radius 3 is 2.63 bits per heavy atom. The standard InChI is InChI=1S/C22H20N4O4/c1-14-7-6-10-17(11-14)30-22(2,20(28)29)13-16-12-18(27)26-21(23-16)24-19(25-26)15-8-4-3-5-9-15/h3-12H,13H2,1-2H3,(H,28,29)(H,23,24,25). The van der Waals surface area contributed by atoms with E-state index in [1.54, 1.807) is 18.2 Å². The zero-order valence-corrected chi connectivity index (χ0v) is 16.5. The molecular weight excluding hydrogens is 384 g/mol. The van der Waals surface area contributed by atoms with Crippen LogP contribution in [0.4, 0.5) is 0 Å². The van der Waals surface area contributed by atoms with Gasteiger partial charge in [-0.1, -0.05) is 42.5 Å². The lowest BCUT2D eigenvalue weighted by Crippen LogP contribution is -2.44. The normalized spacial score (nSPS) is 13.1. The van der Waals surface area contributed by atoms with E-state index in [1.165, 1.54) is 13.0 Å². The van der Waals surface area contributed by atoms with Gasteiger partial charge in [0, 0.05) is 23.7 Å². The molecule has 0 amide bonds. The van der Waals surface area contributed by atoms with Crippen LogP contribution >= 0.6 is 0 Å². The molecule has 152 valence electrons. The number of aromatic nitrogens is 4. The fourth-order valence-corrected chi connectivity index (χ4v) is 3.20. The van der Waals surface area contributed by atoms with Crippen LogP contribution in [0.5, 0.6) is 5.75 Å². The smallest absolute Gasteiger partial charge is 0.348 e. The minimum Gasteiger partial charge on any atom is -0.478 e. The molecule has 0 radical (unpaired) electrons. The summed E-state index contributed by atoms with van der Waals surface area (Å²) in [5, 5.41) is 14.1. The second-order valence-electron chi connectivity index (χ2n) is 7.30. The van der Waals surface area contributed by atoms with E-state index in [9.17, 15) is 14.7 Å². The van der Waals surface area contributed by atoms with Crippen LogP contribution < -0.4 is 10.3 Å². The van der Waals surface area contributed by atoms with Gasteiger partial charge in [-0.25, -0.2) is 4.79 Å². The second kappa shape index (κ2) is 7.47. The average molecular weight is 404 g/mol. The Morgan fingerprint density at radius 1 is 1.17 bits per heavy atom. The Morgan fingerprint density at radius 2 is 1.93 bits per heavy atom. The quantitative estimate of drug-likeness (QED) is 0.511. The molecule has 30 heavy (non-hydrogen) atoms. The first-order valence-corrected chi connectivity index (χ1v) is 9.37. The largest absolute Gasteiger partial charge is 0.478 e. The van der Waals surface area contributed by atoms with E-state index in [1.807, 2.05) is 43.3 Å². The highest BCUT2D eigenvalue weighted by Crippen LogP contribution is 2.23. The maximum Gasteiger partial charge on any atom is 0.348 e. The number of carboxylic acids is 1. The molecule has 2 aromatic carbocycles. The molecule has 8 nitrogen and oxygen atoms in total. The average Bonchev–Trinajstić information content (AvgIpc) is 3.13. The Labute approximate surface area is 171 Å². The summed E-state index contributed by atoms with van der Waals surface area (Å²) in [6, 6.07) is 17.7. The van der Waals surface area contributed by atoms with Crippen LogP contribution in [0.2, 0.25) is 0 Å². The lowest BCUT2D eigenvalue weighted by atomic mass is 9.99. The van der Waals surface area contributed by atoms with Crippen molar-refractivity contribution in [2.45, 2.75) is 25.9 Å². The van der Waals surface area contributed by atoms with Crippen molar-refractivity contribution in [1.29, 1.82) is 0 Å². The zero-order valence-electron chi connectivity index (χ0n) is 16.5. The van der Waals surface area contributed by atoms with Crippen molar-refractivity contribution >= 4 is 11.7 Å². The number of benzene rings is 2. The molecule has 0 fully saturated rings. The summed E-state index contributed by atoms with van der Waals surface area (Å²) in [6.07, 6.45) is -0.0600. The summed E-state index contributed by atoms with van der Waals surface area (Å²) in [5.74, 6) is -0.0638. The number of hydrogen-bond acceptors (Lipinski definition) is 5. The summed E-state index contributed by atoms with van der Waals surface area (Å²) in [4.78, 5) is 32.0. The molecule has 0 saturated carbocycles. The minimum atomic E-state index is -1.59. The highest BCUT2D eigenvalue weighted by atomic mass is 16.5. The van der Waals surface area contributed by atoms with Crippen LogP contribution in [0.25, 0.3) is 17.2 Å². The number of ether oxygens (including phenoxy) is 1. The SMILES string of the molecule is Cc1cccc(OC(C)(Cc2cc(=O)n3nc(-c4ccccc4)nc3[nH]2)C(=O)O)c1. The van der Waals surface area contributed by atoms with E-state index in [4.69, 9.17) is 4.74 Å². The molecule has 0 bridgehead atoms. The van der Waals surface area contributed by atoms with Gasteiger partial charge in [-0.05, 0) is 31.5 Å². The molecule has 4 rings (SSSR count). The van der Waals surface area contributed by atoms with E-state index in [-0.39, 0.29) is 12.2 Å². The minimum absolute atomic E-state index is 0.0600. The van der Waals surface area contributed by atoms with Gasteiger partial charge in [0.25, 0.3) is 5.56 Å². The van der Waals surface area contributed by atoms with E-state index in [0.717, 1.165) is 15.6 Å². The Balaban J connectivity index is 1.69. The van der Waals surface area contributed by atoms with Gasteiger partial charge in [0.1, 0.15) is 5.75 Å². The van der Waals surface area contributed by atoms with E-state index >= 15 is 0 Å². The summed E-state index contributed by atoms with van der Waals surface area (Å²) < 4.78 is 6.97. The van der Waals surface area contributed by atoms with Crippen LogP contribution in [-0.4, -0.2) is 36.3 Å². The molecule has 4 aromatic rings. The van der Waals surface area contributed by atoms with Crippen LogP contribution in [0.3, 0.4) is 0 Å². The van der Waals surface area contributed by atoms with Gasteiger partial charge < -0.3 is 14.8 Å². The highest BCUT2D eigenvalue weighted by molar-refractivity contribution is 5.78. The number of rotatable bonds is 6. The number of fused-ring (bicyclic) bond motifs is 1. The zero-order chi connectivity index (χ0) is 21.3. The highest BCUT2D eigenvalue weighted by Gasteiger charge is 2.36. The number of carbonyl (C=O) groups is 1. The molecule has 0 aliphatic rings. The van der Waals surface area contributed by atoms with Gasteiger partial charge in [-0.2, -0.15) is 9.50 Å². The van der Waals surface area contributed by atoms with Crippen molar-refractivity contribution in [3.05, 3.63) is 82.3 Å². The van der Waals surface area contributed by atoms with Crippen LogP contribution in [0.1, 0.15) is 18.2 Å². The maximum atomic E-state index is 12.6. The molecule has 8 heteroatoms. The van der Waals surface area contributed by atoms with Crippen molar-refractivity contribution in [2.24, 2.45) is 0 Å². The Bertz CT molecular complexity index is 1280. The molecule has 1 unspecified atom stereocenters. The van der Waals surface area contributed by atoms with Crippen molar-refractivity contribution in [1.82, 2.24) is 19.6 Å². The van der Waals surface area contributed by atoms with Crippen molar-refractivity contribution < 1.29 is 14.6 Å². The molecule has 1 atom stereocenters. The molecule has 0 saturated heterocycles. The van der Waals surface area contributed by atoms with Crippen molar-refractivity contribution in [3.8, 4) is 17.1 Å². The van der Waals surface area contributed by atoms with E-state index in [2.05, 4.69) is 15.1 Å². The number of aryl methyl sites for hydroxylation is 1. The predicted octanol–water partition coefficient (Wildman–Crippen LogP) is 2.86. The number of H-pyrrole nitrogens is 1. The molecule has 0 spiro atoms. The van der Waals surface area contributed by atoms with Gasteiger partial charge in [0.2, 0.25) is 11.4 Å². The van der Waals surface area contributed by atoms with Crippen LogP contribution in [0, 0.1) is 6.92 Å². The van der Waals surface area contributed by atoms with E-state index in [0.29, 0.717) is 17.3 Å². The fourth-order valence-electron chi connectivity index (χ4n) is 3.20. The first-order chi connectivity index (χ1) is 14.3. The summed E-state index contributed by atoms with van der Waals surface area (Å²) in [5.41, 5.74) is 0.117. The summed E-state index contributed by atoms with van der Waals surface area (Å²) >= 11 is 0. The number of nitrogens with one attached hydrogen (secondary N) is 1. The van der Waals surface area contributed by atoms with Crippen LogP contribution in [-0.2, 0) is 11.2 Å². The van der Waals surface area contributed by atoms with Crippen molar-refractivity contribution in [2.75, 3.05) is 0 Å². The van der Waals surface area contributed by atoms with Crippen molar-refractivity contribution in [3.63, 3.8) is 0 Å². The molecule has 2 N–H and O–H groups in total. The van der Waals surface area contributed by atoms with Gasteiger partial charge in [0.15, 0.2) is 5.82 Å². The van der Waals surface area contributed by atoms with Gasteiger partial charge in [-0.15, -0.1) is 5.10 Å².